The molecule has 0 atom stereocenters. The van der Waals surface area contributed by atoms with Crippen molar-refractivity contribution in [1.29, 1.82) is 0 Å². The largest absolute Gasteiger partial charge is 0.129 e. The molecule has 3 aromatic carbocycles. The van der Waals surface area contributed by atoms with Crippen molar-refractivity contribution in [2.24, 2.45) is 0 Å². The van der Waals surface area contributed by atoms with Crippen molar-refractivity contribution >= 4 is 29.6 Å². The normalized spacial score (nSPS) is 11.0. The Morgan fingerprint density at radius 3 is 2.00 bits per heavy atom. The third-order valence-electron chi connectivity index (χ3n) is 3.61. The molecule has 0 saturated heterocycles. The summed E-state index contributed by atoms with van der Waals surface area (Å²) >= 11 is 0. The summed E-state index contributed by atoms with van der Waals surface area (Å²) in [5.41, 5.74) is 5.48. The second-order valence-corrected chi connectivity index (χ2v) is 11.3. The van der Waals surface area contributed by atoms with Gasteiger partial charge in [0.25, 0.3) is 0 Å². The van der Waals surface area contributed by atoms with E-state index in [1.54, 1.807) is 0 Å². The van der Waals surface area contributed by atoms with Gasteiger partial charge in [-0.15, -0.1) is 12.0 Å². The predicted molar refractivity (Wildman–Crippen MR) is 99.6 cm³/mol. The minimum absolute atomic E-state index is 0.937. The molecule has 0 spiro atoms. The van der Waals surface area contributed by atoms with Gasteiger partial charge in [0.2, 0.25) is 0 Å². The SMILES string of the molecule is C#Cc1cccc2cc3cccc(C#C[Si](C)(C)C)c3cc12. The van der Waals surface area contributed by atoms with Crippen molar-refractivity contribution in [1.82, 2.24) is 0 Å². The maximum Gasteiger partial charge on any atom is 0.129 e. The highest BCUT2D eigenvalue weighted by atomic mass is 28.3. The minimum Gasteiger partial charge on any atom is -0.127 e. The monoisotopic (exact) mass is 298 g/mol. The lowest BCUT2D eigenvalue weighted by Crippen LogP contribution is -2.16. The van der Waals surface area contributed by atoms with Crippen LogP contribution in [0, 0.1) is 23.8 Å². The zero-order valence-electron chi connectivity index (χ0n) is 13.2. The van der Waals surface area contributed by atoms with Crippen LogP contribution in [-0.2, 0) is 0 Å². The highest BCUT2D eigenvalue weighted by Crippen LogP contribution is 2.27. The van der Waals surface area contributed by atoms with Gasteiger partial charge in [0.05, 0.1) is 0 Å². The number of hydrogen-bond acceptors (Lipinski definition) is 0. The van der Waals surface area contributed by atoms with Crippen molar-refractivity contribution < 1.29 is 0 Å². The van der Waals surface area contributed by atoms with Gasteiger partial charge in [0, 0.05) is 11.1 Å². The molecular weight excluding hydrogens is 280 g/mol. The molecule has 0 nitrogen and oxygen atoms in total. The molecule has 0 N–H and O–H groups in total. The molecule has 0 aliphatic rings. The van der Waals surface area contributed by atoms with E-state index >= 15 is 0 Å². The summed E-state index contributed by atoms with van der Waals surface area (Å²) in [7, 11) is -1.39. The zero-order chi connectivity index (χ0) is 15.7. The zero-order valence-corrected chi connectivity index (χ0v) is 14.2. The highest BCUT2D eigenvalue weighted by molar-refractivity contribution is 6.83. The van der Waals surface area contributed by atoms with Crippen LogP contribution in [0.25, 0.3) is 21.5 Å². The summed E-state index contributed by atoms with van der Waals surface area (Å²) in [5, 5.41) is 4.70. The number of fused-ring (bicyclic) bond motifs is 2. The van der Waals surface area contributed by atoms with E-state index in [1.165, 1.54) is 16.2 Å². The molecule has 0 unspecified atom stereocenters. The molecule has 0 aromatic heterocycles. The Labute approximate surface area is 133 Å². The van der Waals surface area contributed by atoms with Crippen LogP contribution < -0.4 is 0 Å². The molecule has 22 heavy (non-hydrogen) atoms. The number of hydrogen-bond donors (Lipinski definition) is 0. The van der Waals surface area contributed by atoms with E-state index in [0.29, 0.717) is 0 Å². The van der Waals surface area contributed by atoms with Gasteiger partial charge in [0.1, 0.15) is 8.07 Å². The minimum atomic E-state index is -1.39. The molecule has 3 aromatic rings. The van der Waals surface area contributed by atoms with Crippen molar-refractivity contribution in [3.8, 4) is 23.8 Å². The molecule has 0 fully saturated rings. The van der Waals surface area contributed by atoms with E-state index in [2.05, 4.69) is 73.4 Å². The number of terminal acetylenes is 1. The molecule has 0 amide bonds. The van der Waals surface area contributed by atoms with Gasteiger partial charge < -0.3 is 0 Å². The van der Waals surface area contributed by atoms with Gasteiger partial charge in [-0.1, -0.05) is 55.7 Å². The van der Waals surface area contributed by atoms with Crippen molar-refractivity contribution in [2.45, 2.75) is 19.6 Å². The first-order valence-electron chi connectivity index (χ1n) is 7.43. The molecule has 0 aliphatic carbocycles. The van der Waals surface area contributed by atoms with Gasteiger partial charge in [-0.05, 0) is 45.8 Å². The van der Waals surface area contributed by atoms with Crippen LogP contribution in [0.3, 0.4) is 0 Å². The smallest absolute Gasteiger partial charge is 0.127 e. The third-order valence-corrected chi connectivity index (χ3v) is 4.48. The molecule has 106 valence electrons. The van der Waals surface area contributed by atoms with Crippen LogP contribution in [0.5, 0.6) is 0 Å². The van der Waals surface area contributed by atoms with E-state index in [0.717, 1.165) is 16.5 Å². The maximum absolute atomic E-state index is 5.64. The van der Waals surface area contributed by atoms with Crippen LogP contribution in [0.15, 0.2) is 48.5 Å². The Bertz CT molecular complexity index is 970. The molecule has 0 radical (unpaired) electrons. The lowest BCUT2D eigenvalue weighted by molar-refractivity contribution is 1.70. The summed E-state index contributed by atoms with van der Waals surface area (Å²) < 4.78 is 0. The molecule has 3 rings (SSSR count). The summed E-state index contributed by atoms with van der Waals surface area (Å²) in [6.45, 7) is 6.78. The van der Waals surface area contributed by atoms with Gasteiger partial charge >= 0.3 is 0 Å². The summed E-state index contributed by atoms with van der Waals surface area (Å²) in [6.07, 6.45) is 5.64. The second kappa shape index (κ2) is 5.37. The van der Waals surface area contributed by atoms with Crippen LogP contribution in [0.4, 0.5) is 0 Å². The lowest BCUT2D eigenvalue weighted by Gasteiger charge is -2.07. The highest BCUT2D eigenvalue weighted by Gasteiger charge is 2.08. The van der Waals surface area contributed by atoms with Crippen molar-refractivity contribution in [3.05, 3.63) is 59.7 Å². The van der Waals surface area contributed by atoms with Crippen LogP contribution in [-0.4, -0.2) is 8.07 Å². The molecule has 1 heteroatoms. The molecular formula is C21H18Si. The summed E-state index contributed by atoms with van der Waals surface area (Å²) in [4.78, 5) is 0. The van der Waals surface area contributed by atoms with E-state index in [9.17, 15) is 0 Å². The van der Waals surface area contributed by atoms with E-state index in [4.69, 9.17) is 6.42 Å². The van der Waals surface area contributed by atoms with E-state index in [-0.39, 0.29) is 0 Å². The third kappa shape index (κ3) is 2.77. The lowest BCUT2D eigenvalue weighted by atomic mass is 9.97. The number of rotatable bonds is 0. The Kier molecular flexibility index (Phi) is 3.53. The van der Waals surface area contributed by atoms with Gasteiger partial charge in [-0.2, -0.15) is 0 Å². The first kappa shape index (κ1) is 14.5. The van der Waals surface area contributed by atoms with Crippen LogP contribution in [0.1, 0.15) is 11.1 Å². The van der Waals surface area contributed by atoms with Crippen molar-refractivity contribution in [3.63, 3.8) is 0 Å². The topological polar surface area (TPSA) is 0 Å². The fourth-order valence-corrected chi connectivity index (χ4v) is 3.05. The fourth-order valence-electron chi connectivity index (χ4n) is 2.54. The predicted octanol–water partition coefficient (Wildman–Crippen LogP) is 5.20. The Morgan fingerprint density at radius 2 is 1.41 bits per heavy atom. The van der Waals surface area contributed by atoms with Gasteiger partial charge in [0.15, 0.2) is 0 Å². The Balaban J connectivity index is 2.34. The quantitative estimate of drug-likeness (QED) is 0.304. The number of benzene rings is 3. The second-order valence-electron chi connectivity index (χ2n) is 6.55. The van der Waals surface area contributed by atoms with E-state index in [1.807, 2.05) is 12.1 Å². The van der Waals surface area contributed by atoms with Crippen molar-refractivity contribution in [2.75, 3.05) is 0 Å². The summed E-state index contributed by atoms with van der Waals surface area (Å²) in [6, 6.07) is 16.8. The molecule has 0 bridgehead atoms. The fraction of sp³-hybridized carbons (Fsp3) is 0.143. The average Bonchev–Trinajstić information content (AvgIpc) is 2.49. The molecule has 0 aliphatic heterocycles. The van der Waals surface area contributed by atoms with Gasteiger partial charge in [-0.25, -0.2) is 0 Å². The molecule has 0 saturated carbocycles. The average molecular weight is 298 g/mol. The Hall–Kier alpha value is -2.48. The molecule has 0 heterocycles. The first-order valence-corrected chi connectivity index (χ1v) is 10.9. The van der Waals surface area contributed by atoms with Crippen LogP contribution in [0.2, 0.25) is 19.6 Å². The van der Waals surface area contributed by atoms with E-state index < -0.39 is 8.07 Å². The first-order chi connectivity index (χ1) is 10.5. The van der Waals surface area contributed by atoms with Gasteiger partial charge in [-0.3, -0.25) is 0 Å². The maximum atomic E-state index is 5.64. The summed E-state index contributed by atoms with van der Waals surface area (Å²) in [5.74, 6) is 6.17. The van der Waals surface area contributed by atoms with Crippen LogP contribution >= 0.6 is 0 Å². The standard InChI is InChI=1S/C21H18Si/c1-5-16-8-6-10-18-14-19-11-7-9-17(12-13-22(2,3)4)21(19)15-20(16)18/h1,6-11,14-15H,2-4H3. The Morgan fingerprint density at radius 1 is 0.818 bits per heavy atom.